The first-order valence-electron chi connectivity index (χ1n) is 6.40. The lowest BCUT2D eigenvalue weighted by molar-refractivity contribution is -0.136. The molecule has 0 radical (unpaired) electrons. The molecule has 4 unspecified atom stereocenters. The van der Waals surface area contributed by atoms with E-state index in [2.05, 4.69) is 17.1 Å². The van der Waals surface area contributed by atoms with Crippen LogP contribution in [-0.2, 0) is 4.79 Å². The lowest BCUT2D eigenvalue weighted by Crippen LogP contribution is -2.46. The Bertz CT molecular complexity index is 297. The molecule has 0 spiro atoms. The maximum Gasteiger partial charge on any atom is 0.227 e. The Morgan fingerprint density at radius 1 is 1.44 bits per heavy atom. The van der Waals surface area contributed by atoms with Crippen LogP contribution in [0.15, 0.2) is 0 Å². The number of amides is 1. The monoisotopic (exact) mass is 240 g/mol. The van der Waals surface area contributed by atoms with E-state index in [4.69, 9.17) is 0 Å². The summed E-state index contributed by atoms with van der Waals surface area (Å²) in [6.07, 6.45) is 3.57. The SMILES string of the molecule is CC1CN(C(=O)C2CC3CCC2N3)CCS1. The van der Waals surface area contributed by atoms with Crippen LogP contribution in [0.1, 0.15) is 26.2 Å². The highest BCUT2D eigenvalue weighted by molar-refractivity contribution is 7.99. The summed E-state index contributed by atoms with van der Waals surface area (Å²) in [5.41, 5.74) is 0. The van der Waals surface area contributed by atoms with E-state index in [1.165, 1.54) is 12.8 Å². The molecule has 1 N–H and O–H groups in total. The zero-order valence-corrected chi connectivity index (χ0v) is 10.6. The Balaban J connectivity index is 1.64. The van der Waals surface area contributed by atoms with E-state index in [0.29, 0.717) is 23.2 Å². The van der Waals surface area contributed by atoms with Crippen LogP contribution < -0.4 is 5.32 Å². The van der Waals surface area contributed by atoms with Gasteiger partial charge in [0.2, 0.25) is 5.91 Å². The molecule has 3 nitrogen and oxygen atoms in total. The molecule has 2 bridgehead atoms. The van der Waals surface area contributed by atoms with Gasteiger partial charge in [-0.1, -0.05) is 6.92 Å². The summed E-state index contributed by atoms with van der Waals surface area (Å²) in [5.74, 6) is 1.82. The number of rotatable bonds is 1. The van der Waals surface area contributed by atoms with Crippen molar-refractivity contribution in [3.8, 4) is 0 Å². The molecule has 0 aromatic carbocycles. The van der Waals surface area contributed by atoms with Gasteiger partial charge in [-0.15, -0.1) is 0 Å². The first-order valence-corrected chi connectivity index (χ1v) is 7.45. The lowest BCUT2D eigenvalue weighted by atomic mass is 9.88. The lowest BCUT2D eigenvalue weighted by Gasteiger charge is -2.34. The van der Waals surface area contributed by atoms with Gasteiger partial charge in [0, 0.05) is 36.2 Å². The van der Waals surface area contributed by atoms with E-state index < -0.39 is 0 Å². The Morgan fingerprint density at radius 3 is 2.94 bits per heavy atom. The number of nitrogens with zero attached hydrogens (tertiary/aromatic N) is 1. The van der Waals surface area contributed by atoms with Crippen molar-refractivity contribution in [3.05, 3.63) is 0 Å². The Labute approximate surface area is 101 Å². The molecule has 4 atom stereocenters. The molecule has 3 aliphatic rings. The summed E-state index contributed by atoms with van der Waals surface area (Å²) in [6.45, 7) is 4.14. The normalized spacial score (nSPS) is 42.7. The molecule has 3 saturated heterocycles. The summed E-state index contributed by atoms with van der Waals surface area (Å²) in [6, 6.07) is 1.12. The zero-order chi connectivity index (χ0) is 11.1. The number of thioether (sulfide) groups is 1. The summed E-state index contributed by atoms with van der Waals surface area (Å²) in [5, 5.41) is 4.17. The van der Waals surface area contributed by atoms with Gasteiger partial charge >= 0.3 is 0 Å². The molecule has 1 amide bonds. The van der Waals surface area contributed by atoms with E-state index in [1.54, 1.807) is 0 Å². The fourth-order valence-corrected chi connectivity index (χ4v) is 4.36. The van der Waals surface area contributed by atoms with Crippen molar-refractivity contribution in [2.24, 2.45) is 5.92 Å². The third-order valence-corrected chi connectivity index (χ3v) is 5.31. The van der Waals surface area contributed by atoms with E-state index in [0.717, 1.165) is 25.3 Å². The highest BCUT2D eigenvalue weighted by Gasteiger charge is 2.44. The van der Waals surface area contributed by atoms with Gasteiger partial charge in [-0.3, -0.25) is 4.79 Å². The van der Waals surface area contributed by atoms with Gasteiger partial charge < -0.3 is 10.2 Å². The average Bonchev–Trinajstić information content (AvgIpc) is 2.89. The predicted octanol–water partition coefficient (Wildman–Crippen LogP) is 1.09. The number of hydrogen-bond donors (Lipinski definition) is 1. The second-order valence-electron chi connectivity index (χ2n) is 5.36. The first kappa shape index (κ1) is 10.9. The van der Waals surface area contributed by atoms with Crippen LogP contribution in [0, 0.1) is 5.92 Å². The molecule has 0 saturated carbocycles. The van der Waals surface area contributed by atoms with E-state index in [-0.39, 0.29) is 5.92 Å². The smallest absolute Gasteiger partial charge is 0.227 e. The largest absolute Gasteiger partial charge is 0.340 e. The standard InChI is InChI=1S/C12H20N2OS/c1-8-7-14(4-5-16-8)12(15)10-6-9-2-3-11(10)13-9/h8-11,13H,2-7H2,1H3. The number of fused-ring (bicyclic) bond motifs is 2. The van der Waals surface area contributed by atoms with E-state index in [9.17, 15) is 4.79 Å². The van der Waals surface area contributed by atoms with Gasteiger partial charge in [0.05, 0.1) is 5.92 Å². The van der Waals surface area contributed by atoms with E-state index >= 15 is 0 Å². The highest BCUT2D eigenvalue weighted by Crippen LogP contribution is 2.35. The Hall–Kier alpha value is -0.220. The first-order chi connectivity index (χ1) is 7.74. The fraction of sp³-hybridized carbons (Fsp3) is 0.917. The Kier molecular flexibility index (Phi) is 2.88. The zero-order valence-electron chi connectivity index (χ0n) is 9.82. The van der Waals surface area contributed by atoms with Crippen molar-refractivity contribution >= 4 is 17.7 Å². The van der Waals surface area contributed by atoms with Gasteiger partial charge in [0.15, 0.2) is 0 Å². The second kappa shape index (κ2) is 4.22. The molecule has 4 heteroatoms. The molecule has 3 rings (SSSR count). The minimum absolute atomic E-state index is 0.286. The molecule has 90 valence electrons. The van der Waals surface area contributed by atoms with Crippen LogP contribution >= 0.6 is 11.8 Å². The highest BCUT2D eigenvalue weighted by atomic mass is 32.2. The molecule has 0 aromatic heterocycles. The van der Waals surface area contributed by atoms with Crippen LogP contribution in [0.3, 0.4) is 0 Å². The number of carbonyl (C=O) groups is 1. The van der Waals surface area contributed by atoms with E-state index in [1.807, 2.05) is 11.8 Å². The van der Waals surface area contributed by atoms with Gasteiger partial charge in [0.1, 0.15) is 0 Å². The van der Waals surface area contributed by atoms with Crippen LogP contribution in [0.5, 0.6) is 0 Å². The topological polar surface area (TPSA) is 32.3 Å². The van der Waals surface area contributed by atoms with Gasteiger partial charge in [0.25, 0.3) is 0 Å². The van der Waals surface area contributed by atoms with Gasteiger partial charge in [-0.2, -0.15) is 11.8 Å². The third-order valence-electron chi connectivity index (χ3n) is 4.17. The van der Waals surface area contributed by atoms with Crippen molar-refractivity contribution in [3.63, 3.8) is 0 Å². The van der Waals surface area contributed by atoms with Crippen molar-refractivity contribution in [2.75, 3.05) is 18.8 Å². The van der Waals surface area contributed by atoms with Crippen LogP contribution in [-0.4, -0.2) is 47.0 Å². The molecule has 0 aliphatic carbocycles. The Morgan fingerprint density at radius 2 is 2.31 bits per heavy atom. The molecular weight excluding hydrogens is 220 g/mol. The summed E-state index contributed by atoms with van der Waals surface area (Å²) in [7, 11) is 0. The van der Waals surface area contributed by atoms with Crippen LogP contribution in [0.25, 0.3) is 0 Å². The fourth-order valence-electron chi connectivity index (χ4n) is 3.35. The molecule has 3 heterocycles. The second-order valence-corrected chi connectivity index (χ2v) is 6.90. The number of carbonyl (C=O) groups excluding carboxylic acids is 1. The van der Waals surface area contributed by atoms with Crippen molar-refractivity contribution in [1.29, 1.82) is 0 Å². The predicted molar refractivity (Wildman–Crippen MR) is 66.6 cm³/mol. The van der Waals surface area contributed by atoms with Gasteiger partial charge in [-0.05, 0) is 19.3 Å². The van der Waals surface area contributed by atoms with Crippen molar-refractivity contribution < 1.29 is 4.79 Å². The maximum absolute atomic E-state index is 12.4. The van der Waals surface area contributed by atoms with Gasteiger partial charge in [-0.25, -0.2) is 0 Å². The van der Waals surface area contributed by atoms with Crippen LogP contribution in [0.2, 0.25) is 0 Å². The third kappa shape index (κ3) is 1.86. The molecule has 3 fully saturated rings. The molecular formula is C12H20N2OS. The molecule has 16 heavy (non-hydrogen) atoms. The van der Waals surface area contributed by atoms with Crippen molar-refractivity contribution in [2.45, 2.75) is 43.5 Å². The summed E-state index contributed by atoms with van der Waals surface area (Å²) >= 11 is 1.99. The summed E-state index contributed by atoms with van der Waals surface area (Å²) in [4.78, 5) is 14.5. The van der Waals surface area contributed by atoms with Crippen LogP contribution in [0.4, 0.5) is 0 Å². The number of hydrogen-bond acceptors (Lipinski definition) is 3. The average molecular weight is 240 g/mol. The minimum Gasteiger partial charge on any atom is -0.340 e. The molecule has 0 aromatic rings. The maximum atomic E-state index is 12.4. The minimum atomic E-state index is 0.286. The molecule has 3 aliphatic heterocycles. The quantitative estimate of drug-likeness (QED) is 0.745. The summed E-state index contributed by atoms with van der Waals surface area (Å²) < 4.78 is 0. The number of nitrogens with one attached hydrogen (secondary N) is 1. The van der Waals surface area contributed by atoms with Crippen molar-refractivity contribution in [1.82, 2.24) is 10.2 Å².